The summed E-state index contributed by atoms with van der Waals surface area (Å²) in [5.74, 6) is -0.591. The van der Waals surface area contributed by atoms with Gasteiger partial charge in [-0.15, -0.1) is 0 Å². The number of sulfone groups is 1. The van der Waals surface area contributed by atoms with E-state index in [-0.39, 0.29) is 26.9 Å². The lowest BCUT2D eigenvalue weighted by molar-refractivity contribution is -0.384. The highest BCUT2D eigenvalue weighted by molar-refractivity contribution is 7.90. The van der Waals surface area contributed by atoms with E-state index in [9.17, 15) is 23.3 Å². The lowest BCUT2D eigenvalue weighted by Gasteiger charge is -2.07. The van der Waals surface area contributed by atoms with E-state index < -0.39 is 20.7 Å². The van der Waals surface area contributed by atoms with Gasteiger partial charge in [-0.1, -0.05) is 17.7 Å². The molecule has 0 aromatic heterocycles. The van der Waals surface area contributed by atoms with E-state index in [1.807, 2.05) is 0 Å². The Balaban J connectivity index is 2.30. The number of nitro groups is 1. The molecule has 0 radical (unpaired) electrons. The molecule has 23 heavy (non-hydrogen) atoms. The van der Waals surface area contributed by atoms with Gasteiger partial charge in [0, 0.05) is 23.6 Å². The maximum atomic E-state index is 12.2. The Kier molecular flexibility index (Phi) is 4.67. The predicted octanol–water partition coefficient (Wildman–Crippen LogP) is 2.90. The van der Waals surface area contributed by atoms with E-state index in [2.05, 4.69) is 5.32 Å². The summed E-state index contributed by atoms with van der Waals surface area (Å²) in [7, 11) is -3.44. The standard InChI is InChI=1S/C14H11ClN2O5S/c1-23(21,22)11-4-2-3-9(7-11)14(18)16-10-5-6-12(15)13(8-10)17(19)20/h2-8H,1H3,(H,16,18). The van der Waals surface area contributed by atoms with Crippen molar-refractivity contribution in [3.63, 3.8) is 0 Å². The highest BCUT2D eigenvalue weighted by Gasteiger charge is 2.15. The molecule has 0 heterocycles. The van der Waals surface area contributed by atoms with Gasteiger partial charge in [-0.05, 0) is 30.3 Å². The van der Waals surface area contributed by atoms with Crippen LogP contribution >= 0.6 is 11.6 Å². The molecule has 2 aromatic carbocycles. The Bertz CT molecular complexity index is 896. The summed E-state index contributed by atoms with van der Waals surface area (Å²) in [6, 6.07) is 9.31. The fourth-order valence-corrected chi connectivity index (χ4v) is 2.65. The van der Waals surface area contributed by atoms with Crippen LogP contribution in [-0.2, 0) is 9.84 Å². The van der Waals surface area contributed by atoms with Crippen LogP contribution in [0.5, 0.6) is 0 Å². The smallest absolute Gasteiger partial charge is 0.289 e. The van der Waals surface area contributed by atoms with Crippen molar-refractivity contribution in [3.8, 4) is 0 Å². The van der Waals surface area contributed by atoms with Crippen LogP contribution in [0.1, 0.15) is 10.4 Å². The lowest BCUT2D eigenvalue weighted by Crippen LogP contribution is -2.12. The maximum Gasteiger partial charge on any atom is 0.289 e. The summed E-state index contributed by atoms with van der Waals surface area (Å²) in [5, 5.41) is 13.2. The number of nitro benzene ring substituents is 1. The van der Waals surface area contributed by atoms with Gasteiger partial charge in [0.2, 0.25) is 0 Å². The number of carbonyl (C=O) groups excluding carboxylic acids is 1. The first kappa shape index (κ1) is 16.9. The molecule has 7 nitrogen and oxygen atoms in total. The zero-order valence-corrected chi connectivity index (χ0v) is 13.4. The molecule has 0 atom stereocenters. The molecular formula is C14H11ClN2O5S. The maximum absolute atomic E-state index is 12.2. The number of carbonyl (C=O) groups is 1. The Morgan fingerprint density at radius 3 is 2.52 bits per heavy atom. The minimum absolute atomic E-state index is 0.00670. The number of rotatable bonds is 4. The molecule has 2 rings (SSSR count). The summed E-state index contributed by atoms with van der Waals surface area (Å²) >= 11 is 5.69. The number of anilines is 1. The van der Waals surface area contributed by atoms with Gasteiger partial charge in [0.25, 0.3) is 11.6 Å². The van der Waals surface area contributed by atoms with Gasteiger partial charge >= 0.3 is 0 Å². The number of hydrogen-bond acceptors (Lipinski definition) is 5. The van der Waals surface area contributed by atoms with E-state index in [1.54, 1.807) is 0 Å². The molecule has 0 aliphatic rings. The van der Waals surface area contributed by atoms with Crippen molar-refractivity contribution in [2.75, 3.05) is 11.6 Å². The normalized spacial score (nSPS) is 11.0. The summed E-state index contributed by atoms with van der Waals surface area (Å²) in [4.78, 5) is 22.3. The fraction of sp³-hybridized carbons (Fsp3) is 0.0714. The number of nitrogens with one attached hydrogen (secondary N) is 1. The van der Waals surface area contributed by atoms with Gasteiger partial charge in [0.15, 0.2) is 9.84 Å². The molecule has 1 N–H and O–H groups in total. The van der Waals surface area contributed by atoms with Gasteiger partial charge < -0.3 is 5.32 Å². The molecule has 0 bridgehead atoms. The highest BCUT2D eigenvalue weighted by Crippen LogP contribution is 2.27. The molecule has 0 aliphatic carbocycles. The molecule has 0 saturated carbocycles. The third kappa shape index (κ3) is 4.05. The minimum atomic E-state index is -3.44. The quantitative estimate of drug-likeness (QED) is 0.671. The Morgan fingerprint density at radius 1 is 1.22 bits per heavy atom. The number of nitrogens with zero attached hydrogens (tertiary/aromatic N) is 1. The van der Waals surface area contributed by atoms with Gasteiger partial charge in [0.05, 0.1) is 9.82 Å². The molecule has 9 heteroatoms. The molecule has 120 valence electrons. The van der Waals surface area contributed by atoms with Crippen LogP contribution in [0.2, 0.25) is 5.02 Å². The summed E-state index contributed by atoms with van der Waals surface area (Å²) < 4.78 is 23.0. The second-order valence-electron chi connectivity index (χ2n) is 4.68. The number of halogens is 1. The molecular weight excluding hydrogens is 344 g/mol. The molecule has 1 amide bonds. The van der Waals surface area contributed by atoms with Crippen LogP contribution in [-0.4, -0.2) is 25.5 Å². The average Bonchev–Trinajstić information content (AvgIpc) is 2.48. The van der Waals surface area contributed by atoms with Crippen molar-refractivity contribution in [1.29, 1.82) is 0 Å². The van der Waals surface area contributed by atoms with Gasteiger partial charge in [-0.25, -0.2) is 8.42 Å². The number of amides is 1. The van der Waals surface area contributed by atoms with Crippen molar-refractivity contribution >= 4 is 38.7 Å². The van der Waals surface area contributed by atoms with Gasteiger partial charge in [0.1, 0.15) is 5.02 Å². The largest absolute Gasteiger partial charge is 0.322 e. The Labute approximate surface area is 137 Å². The van der Waals surface area contributed by atoms with Crippen LogP contribution < -0.4 is 5.32 Å². The molecule has 0 unspecified atom stereocenters. The van der Waals surface area contributed by atoms with E-state index >= 15 is 0 Å². The highest BCUT2D eigenvalue weighted by atomic mass is 35.5. The van der Waals surface area contributed by atoms with E-state index in [4.69, 9.17) is 11.6 Å². The van der Waals surface area contributed by atoms with Crippen molar-refractivity contribution < 1.29 is 18.1 Å². The number of hydrogen-bond donors (Lipinski definition) is 1. The predicted molar refractivity (Wildman–Crippen MR) is 85.6 cm³/mol. The Hall–Kier alpha value is -2.45. The molecule has 0 aliphatic heterocycles. The molecule has 0 fully saturated rings. The van der Waals surface area contributed by atoms with Gasteiger partial charge in [-0.3, -0.25) is 14.9 Å². The lowest BCUT2D eigenvalue weighted by atomic mass is 10.2. The summed E-state index contributed by atoms with van der Waals surface area (Å²) in [6.45, 7) is 0. The average molecular weight is 355 g/mol. The third-order valence-corrected chi connectivity index (χ3v) is 4.35. The fourth-order valence-electron chi connectivity index (χ4n) is 1.80. The SMILES string of the molecule is CS(=O)(=O)c1cccc(C(=O)Nc2ccc(Cl)c([N+](=O)[O-])c2)c1. The topological polar surface area (TPSA) is 106 Å². The Morgan fingerprint density at radius 2 is 1.91 bits per heavy atom. The van der Waals surface area contributed by atoms with Crippen molar-refractivity contribution in [1.82, 2.24) is 0 Å². The van der Waals surface area contributed by atoms with Crippen LogP contribution in [0.4, 0.5) is 11.4 Å². The first-order valence-corrected chi connectivity index (χ1v) is 8.51. The first-order chi connectivity index (χ1) is 10.7. The van der Waals surface area contributed by atoms with Crippen molar-refractivity contribution in [3.05, 3.63) is 63.2 Å². The van der Waals surface area contributed by atoms with Crippen LogP contribution in [0.15, 0.2) is 47.4 Å². The van der Waals surface area contributed by atoms with Crippen LogP contribution in [0.25, 0.3) is 0 Å². The summed E-state index contributed by atoms with van der Waals surface area (Å²) in [5.41, 5.74) is -0.0456. The minimum Gasteiger partial charge on any atom is -0.322 e. The zero-order valence-electron chi connectivity index (χ0n) is 11.8. The van der Waals surface area contributed by atoms with Crippen molar-refractivity contribution in [2.45, 2.75) is 4.90 Å². The molecule has 0 spiro atoms. The third-order valence-electron chi connectivity index (χ3n) is 2.93. The molecule has 2 aromatic rings. The van der Waals surface area contributed by atoms with E-state index in [0.29, 0.717) is 0 Å². The van der Waals surface area contributed by atoms with Crippen molar-refractivity contribution in [2.24, 2.45) is 0 Å². The summed E-state index contributed by atoms with van der Waals surface area (Å²) in [6.07, 6.45) is 1.03. The first-order valence-electron chi connectivity index (χ1n) is 6.24. The molecule has 0 saturated heterocycles. The second kappa shape index (κ2) is 6.35. The second-order valence-corrected chi connectivity index (χ2v) is 7.10. The monoisotopic (exact) mass is 354 g/mol. The zero-order chi connectivity index (χ0) is 17.2. The van der Waals surface area contributed by atoms with E-state index in [0.717, 1.165) is 12.3 Å². The van der Waals surface area contributed by atoms with Crippen LogP contribution in [0, 0.1) is 10.1 Å². The van der Waals surface area contributed by atoms with Gasteiger partial charge in [-0.2, -0.15) is 0 Å². The van der Waals surface area contributed by atoms with E-state index in [1.165, 1.54) is 36.4 Å². The number of benzene rings is 2. The van der Waals surface area contributed by atoms with Crippen LogP contribution in [0.3, 0.4) is 0 Å².